The summed E-state index contributed by atoms with van der Waals surface area (Å²) in [6.45, 7) is 4.95. The van der Waals surface area contributed by atoms with Crippen LogP contribution in [0.2, 0.25) is 0 Å². The summed E-state index contributed by atoms with van der Waals surface area (Å²) in [5.74, 6) is 0. The Balaban J connectivity index is 1.92. The van der Waals surface area contributed by atoms with Crippen molar-refractivity contribution in [2.75, 3.05) is 6.54 Å². The number of benzene rings is 1. The van der Waals surface area contributed by atoms with Crippen molar-refractivity contribution in [3.05, 3.63) is 40.5 Å². The third kappa shape index (κ3) is 2.46. The van der Waals surface area contributed by atoms with Gasteiger partial charge >= 0.3 is 0 Å². The molecule has 0 spiro atoms. The normalized spacial score (nSPS) is 11.3. The molecular weight excluding hydrogens is 268 g/mol. The van der Waals surface area contributed by atoms with Gasteiger partial charge in [-0.1, -0.05) is 23.5 Å². The highest BCUT2D eigenvalue weighted by Gasteiger charge is 2.10. The molecule has 20 heavy (non-hydrogen) atoms. The third-order valence-corrected chi connectivity index (χ3v) is 4.46. The molecule has 0 aliphatic rings. The van der Waals surface area contributed by atoms with Gasteiger partial charge in [-0.2, -0.15) is 5.10 Å². The van der Waals surface area contributed by atoms with Crippen molar-refractivity contribution in [2.24, 2.45) is 5.73 Å². The molecule has 2 N–H and O–H groups in total. The minimum absolute atomic E-state index is 0.704. The maximum Gasteiger partial charge on any atom is 0.212 e. The first kappa shape index (κ1) is 13.3. The lowest BCUT2D eigenvalue weighted by Gasteiger charge is -2.01. The van der Waals surface area contributed by atoms with Crippen LogP contribution in [-0.4, -0.2) is 21.1 Å². The lowest BCUT2D eigenvalue weighted by molar-refractivity contribution is 0.799. The highest BCUT2D eigenvalue weighted by molar-refractivity contribution is 7.16. The second kappa shape index (κ2) is 5.34. The van der Waals surface area contributed by atoms with Gasteiger partial charge in [-0.25, -0.2) is 9.50 Å². The van der Waals surface area contributed by atoms with Crippen molar-refractivity contribution < 1.29 is 0 Å². The summed E-state index contributed by atoms with van der Waals surface area (Å²) in [5, 5.41) is 5.65. The van der Waals surface area contributed by atoms with Crippen LogP contribution in [0.4, 0.5) is 0 Å². The molecule has 0 bridgehead atoms. The lowest BCUT2D eigenvalue weighted by atomic mass is 10.1. The van der Waals surface area contributed by atoms with Crippen molar-refractivity contribution in [3.8, 4) is 11.3 Å². The summed E-state index contributed by atoms with van der Waals surface area (Å²) in [7, 11) is 0. The first-order valence-corrected chi connectivity index (χ1v) is 7.62. The van der Waals surface area contributed by atoms with Crippen LogP contribution in [0.15, 0.2) is 24.4 Å². The minimum atomic E-state index is 0.704. The molecule has 4 nitrogen and oxygen atoms in total. The number of hydrogen-bond donors (Lipinski definition) is 1. The molecule has 0 fully saturated rings. The fourth-order valence-corrected chi connectivity index (χ4v) is 3.05. The molecule has 0 amide bonds. The number of aromatic nitrogens is 3. The molecule has 3 rings (SSSR count). The summed E-state index contributed by atoms with van der Waals surface area (Å²) < 4.78 is 1.88. The van der Waals surface area contributed by atoms with Gasteiger partial charge in [0.25, 0.3) is 0 Å². The molecule has 1 aromatic carbocycles. The van der Waals surface area contributed by atoms with Crippen molar-refractivity contribution in [3.63, 3.8) is 0 Å². The molecule has 2 aromatic heterocycles. The predicted octanol–water partition coefficient (Wildman–Crippen LogP) is 2.97. The Morgan fingerprint density at radius 2 is 2.10 bits per heavy atom. The SMILES string of the molecule is Cc1ccc(-c2cn3nc(CCCN)sc3n2)cc1C. The Morgan fingerprint density at radius 3 is 2.80 bits per heavy atom. The van der Waals surface area contributed by atoms with Crippen LogP contribution in [0.5, 0.6) is 0 Å². The largest absolute Gasteiger partial charge is 0.330 e. The summed E-state index contributed by atoms with van der Waals surface area (Å²) in [6, 6.07) is 6.43. The van der Waals surface area contributed by atoms with Crippen LogP contribution in [0.1, 0.15) is 22.6 Å². The zero-order chi connectivity index (χ0) is 14.1. The first-order chi connectivity index (χ1) is 9.67. The third-order valence-electron chi connectivity index (χ3n) is 3.48. The van der Waals surface area contributed by atoms with Gasteiger partial charge in [-0.3, -0.25) is 0 Å². The van der Waals surface area contributed by atoms with Crippen LogP contribution in [-0.2, 0) is 6.42 Å². The lowest BCUT2D eigenvalue weighted by Crippen LogP contribution is -2.00. The molecule has 0 aliphatic heterocycles. The average Bonchev–Trinajstić information content (AvgIpc) is 2.97. The Kier molecular flexibility index (Phi) is 3.54. The van der Waals surface area contributed by atoms with Crippen molar-refractivity contribution in [1.29, 1.82) is 0 Å². The molecule has 0 atom stereocenters. The van der Waals surface area contributed by atoms with E-state index in [0.29, 0.717) is 6.54 Å². The van der Waals surface area contributed by atoms with E-state index in [1.807, 2.05) is 10.7 Å². The van der Waals surface area contributed by atoms with Crippen LogP contribution < -0.4 is 5.73 Å². The second-order valence-corrected chi connectivity index (χ2v) is 6.08. The molecule has 5 heteroatoms. The van der Waals surface area contributed by atoms with Crippen molar-refractivity contribution in [1.82, 2.24) is 14.6 Å². The van der Waals surface area contributed by atoms with Crippen LogP contribution in [0, 0.1) is 13.8 Å². The smallest absolute Gasteiger partial charge is 0.212 e. The minimum Gasteiger partial charge on any atom is -0.330 e. The predicted molar refractivity (Wildman–Crippen MR) is 83.1 cm³/mol. The van der Waals surface area contributed by atoms with E-state index in [4.69, 9.17) is 5.73 Å². The molecule has 0 unspecified atom stereocenters. The monoisotopic (exact) mass is 286 g/mol. The van der Waals surface area contributed by atoms with Crippen molar-refractivity contribution >= 4 is 16.3 Å². The van der Waals surface area contributed by atoms with E-state index in [1.165, 1.54) is 11.1 Å². The molecular formula is C15H18N4S. The fourth-order valence-electron chi connectivity index (χ4n) is 2.14. The number of imidazole rings is 1. The highest BCUT2D eigenvalue weighted by Crippen LogP contribution is 2.24. The molecule has 104 valence electrons. The maximum atomic E-state index is 5.53. The van der Waals surface area contributed by atoms with E-state index in [0.717, 1.165) is 34.1 Å². The zero-order valence-electron chi connectivity index (χ0n) is 11.8. The maximum absolute atomic E-state index is 5.53. The van der Waals surface area contributed by atoms with Crippen LogP contribution >= 0.6 is 11.3 Å². The Morgan fingerprint density at radius 1 is 1.25 bits per heavy atom. The quantitative estimate of drug-likeness (QED) is 0.802. The van der Waals surface area contributed by atoms with Crippen molar-refractivity contribution in [2.45, 2.75) is 26.7 Å². The van der Waals surface area contributed by atoms with Gasteiger partial charge in [0.1, 0.15) is 5.01 Å². The average molecular weight is 286 g/mol. The van der Waals surface area contributed by atoms with Crippen LogP contribution in [0.25, 0.3) is 16.2 Å². The second-order valence-electron chi connectivity index (χ2n) is 5.04. The number of nitrogens with zero attached hydrogens (tertiary/aromatic N) is 3. The van der Waals surface area contributed by atoms with E-state index in [1.54, 1.807) is 11.3 Å². The summed E-state index contributed by atoms with van der Waals surface area (Å²) in [6.07, 6.45) is 3.91. The van der Waals surface area contributed by atoms with Gasteiger partial charge in [0, 0.05) is 12.0 Å². The Labute approximate surface area is 122 Å². The van der Waals surface area contributed by atoms with E-state index in [-0.39, 0.29) is 0 Å². The van der Waals surface area contributed by atoms with E-state index in [2.05, 4.69) is 42.1 Å². The summed E-state index contributed by atoms with van der Waals surface area (Å²) in [5.41, 5.74) is 10.2. The van der Waals surface area contributed by atoms with E-state index in [9.17, 15) is 0 Å². The van der Waals surface area contributed by atoms with E-state index < -0.39 is 0 Å². The molecule has 0 radical (unpaired) electrons. The number of nitrogens with two attached hydrogens (primary N) is 1. The van der Waals surface area contributed by atoms with Gasteiger partial charge in [-0.15, -0.1) is 0 Å². The highest BCUT2D eigenvalue weighted by atomic mass is 32.1. The van der Waals surface area contributed by atoms with Crippen LogP contribution in [0.3, 0.4) is 0 Å². The summed E-state index contributed by atoms with van der Waals surface area (Å²) >= 11 is 1.65. The number of rotatable bonds is 4. The number of aryl methyl sites for hydroxylation is 3. The first-order valence-electron chi connectivity index (χ1n) is 6.80. The zero-order valence-corrected chi connectivity index (χ0v) is 12.6. The molecule has 0 saturated carbocycles. The molecule has 3 aromatic rings. The molecule has 0 saturated heterocycles. The summed E-state index contributed by atoms with van der Waals surface area (Å²) in [4.78, 5) is 5.62. The van der Waals surface area contributed by atoms with Gasteiger partial charge in [0.15, 0.2) is 0 Å². The van der Waals surface area contributed by atoms with Gasteiger partial charge < -0.3 is 5.73 Å². The Hall–Kier alpha value is -1.72. The Bertz CT molecular complexity index is 710. The van der Waals surface area contributed by atoms with Gasteiger partial charge in [0.05, 0.1) is 11.9 Å². The fraction of sp³-hybridized carbons (Fsp3) is 0.333. The standard InChI is InChI=1S/C15H18N4S/c1-10-5-6-12(8-11(10)2)13-9-19-15(17-13)20-14(18-19)4-3-7-16/h5-6,8-9H,3-4,7,16H2,1-2H3. The molecule has 0 aliphatic carbocycles. The van der Waals surface area contributed by atoms with E-state index >= 15 is 0 Å². The van der Waals surface area contributed by atoms with Gasteiger partial charge in [0.2, 0.25) is 4.96 Å². The number of hydrogen-bond acceptors (Lipinski definition) is 4. The van der Waals surface area contributed by atoms with Gasteiger partial charge in [-0.05, 0) is 44.0 Å². The number of fused-ring (bicyclic) bond motifs is 1. The molecule has 2 heterocycles. The topological polar surface area (TPSA) is 56.2 Å².